The molecule has 21 heteroatoms. The van der Waals surface area contributed by atoms with Crippen molar-refractivity contribution < 1.29 is 42.5 Å². The Morgan fingerprint density at radius 1 is 0.949 bits per heavy atom. The van der Waals surface area contributed by atoms with Crippen molar-refractivity contribution in [3.8, 4) is 23.0 Å². The third-order valence-electron chi connectivity index (χ3n) is 17.5. The van der Waals surface area contributed by atoms with Gasteiger partial charge in [0.05, 0.1) is 58.6 Å². The summed E-state index contributed by atoms with van der Waals surface area (Å²) in [6, 6.07) is 12.0. The van der Waals surface area contributed by atoms with Crippen molar-refractivity contribution in [1.29, 1.82) is 0 Å². The van der Waals surface area contributed by atoms with Crippen molar-refractivity contribution in [2.24, 2.45) is 7.05 Å². The highest BCUT2D eigenvalue weighted by Crippen LogP contribution is 2.45. The highest BCUT2D eigenvalue weighted by molar-refractivity contribution is 6.04. The minimum atomic E-state index is -0.692. The summed E-state index contributed by atoms with van der Waals surface area (Å²) in [6.45, 7) is 6.52. The Bertz CT molecular complexity index is 3540. The molecule has 6 aliphatic heterocycles. The molecule has 0 radical (unpaired) electrons. The topological polar surface area (TPSA) is 208 Å². The van der Waals surface area contributed by atoms with Gasteiger partial charge in [0.1, 0.15) is 41.8 Å². The molecule has 6 aliphatic rings. The van der Waals surface area contributed by atoms with Crippen LogP contribution in [0.5, 0.6) is 11.8 Å². The summed E-state index contributed by atoms with van der Waals surface area (Å²) >= 11 is 0. The van der Waals surface area contributed by atoms with Gasteiger partial charge >= 0.3 is 12.1 Å². The van der Waals surface area contributed by atoms with Crippen LogP contribution >= 0.6 is 0 Å². The van der Waals surface area contributed by atoms with E-state index in [-0.39, 0.29) is 84.1 Å². The van der Waals surface area contributed by atoms with E-state index in [0.29, 0.717) is 110 Å². The number of imide groups is 1. The molecule has 13 rings (SSSR count). The number of aromatic hydroxyl groups is 1. The van der Waals surface area contributed by atoms with Gasteiger partial charge in [0.15, 0.2) is 5.82 Å². The second kappa shape index (κ2) is 20.1. The predicted molar refractivity (Wildman–Crippen MR) is 283 cm³/mol. The average molecular weight is 1070 g/mol. The lowest BCUT2D eigenvalue weighted by Crippen LogP contribution is -2.48. The number of phenolic OH excluding ortho intramolecular Hbond substituents is 1. The summed E-state index contributed by atoms with van der Waals surface area (Å²) in [4.78, 5) is 59.3. The van der Waals surface area contributed by atoms with E-state index in [0.717, 1.165) is 73.7 Å². The van der Waals surface area contributed by atoms with Gasteiger partial charge in [0.2, 0.25) is 11.8 Å². The first-order valence-corrected chi connectivity index (χ1v) is 27.6. The number of halogens is 2. The van der Waals surface area contributed by atoms with Crippen LogP contribution in [0.1, 0.15) is 111 Å². The maximum Gasteiger partial charge on any atom is 0.409 e. The first-order valence-electron chi connectivity index (χ1n) is 27.6. The monoisotopic (exact) mass is 1060 g/mol. The van der Waals surface area contributed by atoms with Gasteiger partial charge in [0, 0.05) is 68.8 Å². The summed E-state index contributed by atoms with van der Waals surface area (Å²) in [5.74, 6) is -1.51. The molecule has 78 heavy (non-hydrogen) atoms. The Labute approximate surface area is 448 Å². The number of aryl methyl sites for hydroxylation is 3. The normalized spacial score (nSPS) is 22.9. The molecule has 7 aromatic rings. The highest BCUT2D eigenvalue weighted by Gasteiger charge is 2.50. The number of pyridine rings is 1. The summed E-state index contributed by atoms with van der Waals surface area (Å²) < 4.78 is 55.3. The Hall–Kier alpha value is -7.39. The summed E-state index contributed by atoms with van der Waals surface area (Å²) in [5.41, 5.74) is 4.51. The van der Waals surface area contributed by atoms with Gasteiger partial charge in [-0.3, -0.25) is 24.5 Å². The number of fused-ring (bicyclic) bond motifs is 5. The molecule has 0 aliphatic carbocycles. The fraction of sp³-hybridized carbons (Fsp3) is 0.491. The molecule has 10 heterocycles. The quantitative estimate of drug-likeness (QED) is 0.121. The zero-order valence-corrected chi connectivity index (χ0v) is 43.8. The van der Waals surface area contributed by atoms with Crippen molar-refractivity contribution in [3.63, 3.8) is 0 Å². The number of nitrogens with one attached hydrogen (secondary N) is 1. The van der Waals surface area contributed by atoms with E-state index in [1.54, 1.807) is 21.7 Å². The number of likely N-dealkylation sites (tertiary alicyclic amines) is 1. The molecule has 406 valence electrons. The number of ether oxygens (including phenoxy) is 3. The number of piperidine rings is 2. The van der Waals surface area contributed by atoms with Crippen LogP contribution in [-0.2, 0) is 45.5 Å². The van der Waals surface area contributed by atoms with Crippen LogP contribution in [-0.4, -0.2) is 143 Å². The molecule has 2 N–H and O–H groups in total. The number of anilines is 1. The van der Waals surface area contributed by atoms with Gasteiger partial charge in [-0.05, 0) is 123 Å². The zero-order valence-electron chi connectivity index (χ0n) is 43.8. The number of hydrogen-bond donors (Lipinski definition) is 2. The van der Waals surface area contributed by atoms with E-state index in [4.69, 9.17) is 29.2 Å². The SMILES string of the molecule is CCc1c(F)ccc2cc(O)cc(-c3nc4c5c(nc(OC[C@@]67CCCN6[C@H](COC(=O)N6CCC(c8cn(Cc9ccc%10c(C%11CCC(=O)NC%11=O)nn(C)c%10c9)nn8)CC6)CC7)nc5c3F)N3CCCOC[C@@H]3CC4)c12. The second-order valence-electron chi connectivity index (χ2n) is 22.1. The number of carbonyl (C=O) groups excluding carboxylic acids is 3. The Kier molecular flexibility index (Phi) is 12.9. The van der Waals surface area contributed by atoms with Gasteiger partial charge in [-0.2, -0.15) is 15.1 Å². The van der Waals surface area contributed by atoms with Crippen molar-refractivity contribution in [2.45, 2.75) is 120 Å². The molecule has 5 saturated heterocycles. The zero-order chi connectivity index (χ0) is 53.4. The molecular weight excluding hydrogens is 1000 g/mol. The second-order valence-corrected chi connectivity index (χ2v) is 22.1. The highest BCUT2D eigenvalue weighted by atomic mass is 19.1. The predicted octanol–water partition coefficient (Wildman–Crippen LogP) is 7.37. The molecule has 19 nitrogen and oxygen atoms in total. The largest absolute Gasteiger partial charge is 0.508 e. The Morgan fingerprint density at radius 2 is 1.82 bits per heavy atom. The van der Waals surface area contributed by atoms with Crippen molar-refractivity contribution in [1.82, 2.24) is 54.8 Å². The van der Waals surface area contributed by atoms with E-state index in [1.165, 1.54) is 12.1 Å². The molecule has 3 aromatic carbocycles. The van der Waals surface area contributed by atoms with E-state index in [1.807, 2.05) is 43.0 Å². The molecule has 5 fully saturated rings. The number of hydrogen-bond acceptors (Lipinski definition) is 15. The fourth-order valence-electron chi connectivity index (χ4n) is 13.5. The molecule has 4 aromatic heterocycles. The van der Waals surface area contributed by atoms with Gasteiger partial charge in [-0.1, -0.05) is 30.3 Å². The number of rotatable bonds is 11. The molecule has 0 bridgehead atoms. The Morgan fingerprint density at radius 3 is 2.67 bits per heavy atom. The minimum absolute atomic E-state index is 0.00209. The van der Waals surface area contributed by atoms with Gasteiger partial charge in [0.25, 0.3) is 0 Å². The molecule has 4 atom stereocenters. The maximum absolute atomic E-state index is 17.5. The first-order chi connectivity index (χ1) is 37.9. The van der Waals surface area contributed by atoms with E-state index < -0.39 is 17.6 Å². The minimum Gasteiger partial charge on any atom is -0.508 e. The number of benzene rings is 3. The summed E-state index contributed by atoms with van der Waals surface area (Å²) in [6.07, 6.45) is 9.63. The average Bonchev–Trinajstić information content (AvgIpc) is 4.33. The van der Waals surface area contributed by atoms with Gasteiger partial charge < -0.3 is 29.1 Å². The fourth-order valence-corrected chi connectivity index (χ4v) is 13.5. The number of aromatic nitrogens is 8. The first kappa shape index (κ1) is 50.1. The van der Waals surface area contributed by atoms with Crippen molar-refractivity contribution in [3.05, 3.63) is 88.5 Å². The smallest absolute Gasteiger partial charge is 0.409 e. The lowest BCUT2D eigenvalue weighted by atomic mass is 9.92. The van der Waals surface area contributed by atoms with E-state index in [2.05, 4.69) is 30.5 Å². The van der Waals surface area contributed by atoms with Crippen LogP contribution in [0.2, 0.25) is 0 Å². The lowest BCUT2D eigenvalue weighted by Gasteiger charge is -2.35. The summed E-state index contributed by atoms with van der Waals surface area (Å²) in [7, 11) is 1.85. The standard InChI is InChI=1S/C57H62F2N12O7/c1-3-38-42(58)11-7-34-25-37(72)26-41(47(34)38)51-49(59)52-48-43(60-51)12-8-35-29-76-23-5-19-70(35)53(48)63-55(62-52)78-31-57-17-4-20-71(57)36(14-18-57)30-77-56(75)68-21-15-33(16-22-68)44-28-69(66-64-44)27-32-6-9-39-45(24-32)67(2)65-50(39)40-10-13-46(73)61-54(40)74/h6-7,9,11,24-26,28,33,35-36,40,72H,3-5,8,10,12-23,27,29-31H2,1-2H3,(H,61,73,74)/t35-,36-,40?,57-/m0/s1. The lowest BCUT2D eigenvalue weighted by molar-refractivity contribution is -0.134. The maximum atomic E-state index is 17.5. The number of phenols is 1. The third kappa shape index (κ3) is 8.91. The van der Waals surface area contributed by atoms with E-state index in [9.17, 15) is 19.5 Å². The third-order valence-corrected chi connectivity index (χ3v) is 17.5. The molecule has 0 saturated carbocycles. The number of amides is 3. The molecule has 1 unspecified atom stereocenters. The van der Waals surface area contributed by atoms with E-state index >= 15 is 8.78 Å². The van der Waals surface area contributed by atoms with Crippen LogP contribution in [0.25, 0.3) is 43.8 Å². The van der Waals surface area contributed by atoms with Crippen molar-refractivity contribution >= 4 is 56.3 Å². The molecular formula is C57H62F2N12O7. The summed E-state index contributed by atoms with van der Waals surface area (Å²) in [5, 5.41) is 29.5. The van der Waals surface area contributed by atoms with Gasteiger partial charge in [-0.25, -0.2) is 23.2 Å². The van der Waals surface area contributed by atoms with Crippen LogP contribution in [0.4, 0.5) is 19.4 Å². The number of nitrogens with zero attached hydrogens (tertiary/aromatic N) is 11. The van der Waals surface area contributed by atoms with Gasteiger partial charge in [-0.15, -0.1) is 5.10 Å². The molecule has 0 spiro atoms. The number of carbonyl (C=O) groups is 3. The molecule has 3 amide bonds. The van der Waals surface area contributed by atoms with Crippen LogP contribution < -0.4 is 15.0 Å². The van der Waals surface area contributed by atoms with Crippen LogP contribution in [0, 0.1) is 11.6 Å². The van der Waals surface area contributed by atoms with Crippen LogP contribution in [0.3, 0.4) is 0 Å². The van der Waals surface area contributed by atoms with Crippen molar-refractivity contribution in [2.75, 3.05) is 57.5 Å². The van der Waals surface area contributed by atoms with Crippen LogP contribution in [0.15, 0.2) is 48.7 Å². The Balaban J connectivity index is 0.668.